The van der Waals surface area contributed by atoms with Gasteiger partial charge in [-0.3, -0.25) is 4.79 Å². The number of benzene rings is 2. The second-order valence-electron chi connectivity index (χ2n) is 7.37. The maximum atomic E-state index is 12.7. The second kappa shape index (κ2) is 10.3. The van der Waals surface area contributed by atoms with Gasteiger partial charge >= 0.3 is 5.97 Å². The van der Waals surface area contributed by atoms with Gasteiger partial charge < -0.3 is 9.64 Å². The topological polar surface area (TPSA) is 84.0 Å². The molecule has 2 heterocycles. The fourth-order valence-corrected chi connectivity index (χ4v) is 7.85. The Morgan fingerprint density at radius 2 is 1.53 bits per heavy atom. The van der Waals surface area contributed by atoms with Gasteiger partial charge in [0.1, 0.15) is 0 Å². The average Bonchev–Trinajstić information content (AvgIpc) is 3.38. The van der Waals surface area contributed by atoms with Crippen LogP contribution >= 0.6 is 23.5 Å². The monoisotopic (exact) mass is 492 g/mol. The summed E-state index contributed by atoms with van der Waals surface area (Å²) in [5, 5.41) is 0. The van der Waals surface area contributed by atoms with Gasteiger partial charge in [0.15, 0.2) is 6.61 Å². The number of esters is 1. The van der Waals surface area contributed by atoms with Crippen molar-refractivity contribution in [1.82, 2.24) is 9.21 Å². The van der Waals surface area contributed by atoms with Crippen molar-refractivity contribution in [3.05, 3.63) is 65.7 Å². The molecule has 2 aromatic carbocycles. The Morgan fingerprint density at radius 3 is 2.16 bits per heavy atom. The highest BCUT2D eigenvalue weighted by atomic mass is 32.2. The van der Waals surface area contributed by atoms with Crippen LogP contribution in [0.4, 0.5) is 0 Å². The highest BCUT2D eigenvalue weighted by Gasteiger charge is 2.30. The van der Waals surface area contributed by atoms with Crippen molar-refractivity contribution in [2.24, 2.45) is 0 Å². The maximum Gasteiger partial charge on any atom is 0.338 e. The van der Waals surface area contributed by atoms with E-state index in [1.54, 1.807) is 42.5 Å². The first kappa shape index (κ1) is 23.2. The van der Waals surface area contributed by atoms with E-state index >= 15 is 0 Å². The summed E-state index contributed by atoms with van der Waals surface area (Å²) in [6.07, 6.45) is 0. The highest BCUT2D eigenvalue weighted by molar-refractivity contribution is 8.19. The Morgan fingerprint density at radius 1 is 0.906 bits per heavy atom. The van der Waals surface area contributed by atoms with E-state index < -0.39 is 16.0 Å². The maximum absolute atomic E-state index is 12.7. The van der Waals surface area contributed by atoms with Gasteiger partial charge in [0.2, 0.25) is 10.0 Å². The van der Waals surface area contributed by atoms with E-state index in [-0.39, 0.29) is 43.6 Å². The predicted molar refractivity (Wildman–Crippen MR) is 126 cm³/mol. The van der Waals surface area contributed by atoms with Crippen LogP contribution in [0.5, 0.6) is 0 Å². The third-order valence-corrected chi connectivity index (χ3v) is 10.4. The molecule has 170 valence electrons. The highest BCUT2D eigenvalue weighted by Crippen LogP contribution is 2.45. The molecule has 4 rings (SSSR count). The Balaban J connectivity index is 1.26. The molecule has 0 aliphatic carbocycles. The summed E-state index contributed by atoms with van der Waals surface area (Å²) in [6, 6.07) is 15.6. The molecule has 7 nitrogen and oxygen atoms in total. The number of carbonyl (C=O) groups is 2. The molecule has 32 heavy (non-hydrogen) atoms. The predicted octanol–water partition coefficient (Wildman–Crippen LogP) is 2.86. The van der Waals surface area contributed by atoms with Gasteiger partial charge in [-0.15, -0.1) is 23.5 Å². The number of carbonyl (C=O) groups excluding carboxylic acids is 2. The van der Waals surface area contributed by atoms with Gasteiger partial charge in [0.25, 0.3) is 5.91 Å². The second-order valence-corrected chi connectivity index (χ2v) is 12.0. The number of sulfonamides is 1. The molecular weight excluding hydrogens is 468 g/mol. The lowest BCUT2D eigenvalue weighted by atomic mass is 10.1. The number of piperazine rings is 1. The van der Waals surface area contributed by atoms with Crippen LogP contribution in [0.15, 0.2) is 59.5 Å². The molecule has 2 aliphatic heterocycles. The third-order valence-electron chi connectivity index (χ3n) is 5.34. The quantitative estimate of drug-likeness (QED) is 0.574. The molecule has 0 atom stereocenters. The van der Waals surface area contributed by atoms with Crippen molar-refractivity contribution in [2.75, 3.05) is 44.3 Å². The Hall–Kier alpha value is -2.01. The van der Waals surface area contributed by atoms with Crippen LogP contribution < -0.4 is 0 Å². The van der Waals surface area contributed by atoms with Gasteiger partial charge in [0, 0.05) is 37.7 Å². The van der Waals surface area contributed by atoms with E-state index in [9.17, 15) is 18.0 Å². The van der Waals surface area contributed by atoms with Crippen LogP contribution in [0.2, 0.25) is 0 Å². The molecule has 0 spiro atoms. The summed E-state index contributed by atoms with van der Waals surface area (Å²) in [5.74, 6) is 1.40. The molecule has 0 saturated carbocycles. The van der Waals surface area contributed by atoms with Crippen molar-refractivity contribution in [3.8, 4) is 0 Å². The van der Waals surface area contributed by atoms with E-state index in [1.807, 2.05) is 35.7 Å². The molecule has 1 amide bonds. The lowest BCUT2D eigenvalue weighted by Gasteiger charge is -2.33. The summed E-state index contributed by atoms with van der Waals surface area (Å²) in [6.45, 7) is 0.563. The van der Waals surface area contributed by atoms with Crippen LogP contribution in [0.1, 0.15) is 20.5 Å². The Labute approximate surface area is 196 Å². The standard InChI is InChI=1S/C22H24N2O5S3/c25-20(16-29-21(26)17-6-8-18(9-7-17)22-30-14-15-31-22)23-10-12-24(13-11-23)32(27,28)19-4-2-1-3-5-19/h1-9,22H,10-16H2. The van der Waals surface area contributed by atoms with Crippen molar-refractivity contribution >= 4 is 45.4 Å². The summed E-state index contributed by atoms with van der Waals surface area (Å²) in [5.41, 5.74) is 1.58. The minimum absolute atomic E-state index is 0.204. The normalized spacial score (nSPS) is 17.9. The van der Waals surface area contributed by atoms with E-state index in [1.165, 1.54) is 14.8 Å². The van der Waals surface area contributed by atoms with Crippen LogP contribution in [0.25, 0.3) is 0 Å². The van der Waals surface area contributed by atoms with E-state index in [2.05, 4.69) is 0 Å². The van der Waals surface area contributed by atoms with Crippen LogP contribution in [0, 0.1) is 0 Å². The molecule has 2 aromatic rings. The van der Waals surface area contributed by atoms with E-state index in [0.717, 1.165) is 11.5 Å². The number of hydrogen-bond donors (Lipinski definition) is 0. The molecule has 0 radical (unpaired) electrons. The summed E-state index contributed by atoms with van der Waals surface area (Å²) in [4.78, 5) is 26.5. The lowest BCUT2D eigenvalue weighted by molar-refractivity contribution is -0.135. The fourth-order valence-electron chi connectivity index (χ4n) is 3.55. The first-order chi connectivity index (χ1) is 15.4. The van der Waals surface area contributed by atoms with Crippen molar-refractivity contribution < 1.29 is 22.7 Å². The molecule has 2 aliphatic rings. The van der Waals surface area contributed by atoms with Gasteiger partial charge in [-0.2, -0.15) is 4.31 Å². The zero-order valence-electron chi connectivity index (χ0n) is 17.4. The Kier molecular flexibility index (Phi) is 7.44. The molecule has 0 N–H and O–H groups in total. The summed E-state index contributed by atoms with van der Waals surface area (Å²) >= 11 is 3.79. The molecule has 2 saturated heterocycles. The van der Waals surface area contributed by atoms with Gasteiger partial charge in [-0.05, 0) is 29.8 Å². The summed E-state index contributed by atoms with van der Waals surface area (Å²) < 4.78 is 32.4. The van der Waals surface area contributed by atoms with Gasteiger partial charge in [0.05, 0.1) is 15.0 Å². The number of thioether (sulfide) groups is 2. The molecule has 2 fully saturated rings. The zero-order chi connectivity index (χ0) is 22.6. The number of nitrogens with zero attached hydrogens (tertiary/aromatic N) is 2. The first-order valence-corrected chi connectivity index (χ1v) is 13.8. The minimum Gasteiger partial charge on any atom is -0.452 e. The SMILES string of the molecule is O=C(OCC(=O)N1CCN(S(=O)(=O)c2ccccc2)CC1)c1ccc(C2SCCS2)cc1. The molecular formula is C22H24N2O5S3. The summed E-state index contributed by atoms with van der Waals surface area (Å²) in [7, 11) is -3.58. The van der Waals surface area contributed by atoms with E-state index in [0.29, 0.717) is 10.1 Å². The molecule has 0 unspecified atom stereocenters. The number of amides is 1. The zero-order valence-corrected chi connectivity index (χ0v) is 19.8. The first-order valence-electron chi connectivity index (χ1n) is 10.3. The molecule has 0 bridgehead atoms. The van der Waals surface area contributed by atoms with Gasteiger partial charge in [-0.25, -0.2) is 13.2 Å². The van der Waals surface area contributed by atoms with Crippen molar-refractivity contribution in [1.29, 1.82) is 0 Å². The average molecular weight is 493 g/mol. The van der Waals surface area contributed by atoms with Crippen molar-refractivity contribution in [3.63, 3.8) is 0 Å². The number of rotatable bonds is 6. The molecule has 10 heteroatoms. The third kappa shape index (κ3) is 5.31. The number of hydrogen-bond acceptors (Lipinski definition) is 7. The lowest BCUT2D eigenvalue weighted by Crippen LogP contribution is -2.51. The van der Waals surface area contributed by atoms with Crippen molar-refractivity contribution in [2.45, 2.75) is 9.48 Å². The van der Waals surface area contributed by atoms with E-state index in [4.69, 9.17) is 4.74 Å². The smallest absolute Gasteiger partial charge is 0.338 e. The van der Waals surface area contributed by atoms with Crippen LogP contribution in [-0.4, -0.2) is 73.8 Å². The minimum atomic E-state index is -3.58. The van der Waals surface area contributed by atoms with Gasteiger partial charge in [-0.1, -0.05) is 30.3 Å². The van der Waals surface area contributed by atoms with Crippen LogP contribution in [0.3, 0.4) is 0 Å². The molecule has 0 aromatic heterocycles. The largest absolute Gasteiger partial charge is 0.452 e. The van der Waals surface area contributed by atoms with Crippen LogP contribution in [-0.2, 0) is 19.6 Å². The number of ether oxygens (including phenoxy) is 1. The Bertz CT molecular complexity index is 1050. The fraction of sp³-hybridized carbons (Fsp3) is 0.364.